The fourth-order valence-corrected chi connectivity index (χ4v) is 2.57. The minimum Gasteiger partial charge on any atom is -0.481 e. The molecular weight excluding hydrogens is 270 g/mol. The molecule has 0 aromatic carbocycles. The van der Waals surface area contributed by atoms with Crippen LogP contribution in [0, 0.1) is 5.92 Å². The Hall–Kier alpha value is -1.43. The van der Waals surface area contributed by atoms with E-state index >= 15 is 0 Å². The van der Waals surface area contributed by atoms with Crippen LogP contribution in [0.1, 0.15) is 58.2 Å². The van der Waals surface area contributed by atoms with Crippen LogP contribution in [0.4, 0.5) is 0 Å². The number of hydrogen-bond acceptors (Lipinski definition) is 5. The summed E-state index contributed by atoms with van der Waals surface area (Å²) in [5.74, 6) is 1.18. The van der Waals surface area contributed by atoms with Crippen molar-refractivity contribution in [2.24, 2.45) is 5.92 Å². The maximum absolute atomic E-state index is 10.6. The first-order chi connectivity index (χ1) is 9.84. The van der Waals surface area contributed by atoms with Crippen LogP contribution in [-0.2, 0) is 16.8 Å². The van der Waals surface area contributed by atoms with Crippen LogP contribution in [0.3, 0.4) is 0 Å². The SMILES string of the molecule is CC(C)(C)c1nnc(CN2CCC(CCC(=O)O)CC2)o1. The van der Waals surface area contributed by atoms with Crippen LogP contribution in [-0.4, -0.2) is 39.3 Å². The highest BCUT2D eigenvalue weighted by atomic mass is 16.4. The number of rotatable bonds is 5. The van der Waals surface area contributed by atoms with E-state index in [9.17, 15) is 4.79 Å². The fourth-order valence-electron chi connectivity index (χ4n) is 2.57. The first-order valence-corrected chi connectivity index (χ1v) is 7.61. The molecule has 1 fully saturated rings. The maximum atomic E-state index is 10.6. The zero-order valence-electron chi connectivity index (χ0n) is 13.1. The van der Waals surface area contributed by atoms with Gasteiger partial charge in [-0.15, -0.1) is 10.2 Å². The van der Waals surface area contributed by atoms with Gasteiger partial charge in [-0.05, 0) is 38.3 Å². The normalized spacial score (nSPS) is 18.0. The largest absolute Gasteiger partial charge is 0.481 e. The van der Waals surface area contributed by atoms with E-state index < -0.39 is 5.97 Å². The standard InChI is InChI=1S/C15H25N3O3/c1-15(2,3)14-17-16-12(21-14)10-18-8-6-11(7-9-18)4-5-13(19)20/h11H,4-10H2,1-3H3,(H,19,20). The van der Waals surface area contributed by atoms with E-state index in [2.05, 4.69) is 35.9 Å². The summed E-state index contributed by atoms with van der Waals surface area (Å²) in [6, 6.07) is 0. The van der Waals surface area contributed by atoms with Crippen molar-refractivity contribution in [3.05, 3.63) is 11.8 Å². The van der Waals surface area contributed by atoms with E-state index in [0.29, 0.717) is 24.2 Å². The second-order valence-electron chi connectivity index (χ2n) is 6.90. The highest BCUT2D eigenvalue weighted by molar-refractivity contribution is 5.66. The molecular formula is C15H25N3O3. The predicted molar refractivity (Wildman–Crippen MR) is 77.9 cm³/mol. The molecule has 0 bridgehead atoms. The molecule has 1 aromatic rings. The Morgan fingerprint density at radius 2 is 2.00 bits per heavy atom. The first kappa shape index (κ1) is 15.9. The van der Waals surface area contributed by atoms with Crippen LogP contribution in [0.5, 0.6) is 0 Å². The van der Waals surface area contributed by atoms with E-state index in [1.807, 2.05) is 0 Å². The Morgan fingerprint density at radius 3 is 2.52 bits per heavy atom. The van der Waals surface area contributed by atoms with Gasteiger partial charge in [-0.1, -0.05) is 20.8 Å². The maximum Gasteiger partial charge on any atom is 0.303 e. The lowest BCUT2D eigenvalue weighted by Gasteiger charge is -2.30. The molecule has 0 amide bonds. The zero-order chi connectivity index (χ0) is 15.5. The molecule has 1 aromatic heterocycles. The van der Waals surface area contributed by atoms with Gasteiger partial charge in [-0.3, -0.25) is 9.69 Å². The molecule has 1 aliphatic heterocycles. The number of carboxylic acids is 1. The second kappa shape index (κ2) is 6.56. The number of aromatic nitrogens is 2. The average molecular weight is 295 g/mol. The molecule has 21 heavy (non-hydrogen) atoms. The summed E-state index contributed by atoms with van der Waals surface area (Å²) in [5, 5.41) is 16.9. The fraction of sp³-hybridized carbons (Fsp3) is 0.800. The molecule has 2 heterocycles. The Bertz CT molecular complexity index is 471. The van der Waals surface area contributed by atoms with Crippen LogP contribution < -0.4 is 0 Å². The minimum absolute atomic E-state index is 0.116. The van der Waals surface area contributed by atoms with Gasteiger partial charge in [0.2, 0.25) is 11.8 Å². The summed E-state index contributed by atoms with van der Waals surface area (Å²) in [6.45, 7) is 8.79. The quantitative estimate of drug-likeness (QED) is 0.898. The number of aliphatic carboxylic acids is 1. The van der Waals surface area contributed by atoms with Crippen LogP contribution in [0.25, 0.3) is 0 Å². The molecule has 1 aliphatic rings. The van der Waals surface area contributed by atoms with Crippen molar-refractivity contribution in [1.82, 2.24) is 15.1 Å². The molecule has 0 radical (unpaired) electrons. The monoisotopic (exact) mass is 295 g/mol. The number of hydrogen-bond donors (Lipinski definition) is 1. The number of nitrogens with zero attached hydrogens (tertiary/aromatic N) is 3. The van der Waals surface area contributed by atoms with E-state index in [1.54, 1.807) is 0 Å². The average Bonchev–Trinajstić information content (AvgIpc) is 2.86. The van der Waals surface area contributed by atoms with Crippen LogP contribution >= 0.6 is 0 Å². The van der Waals surface area contributed by atoms with Gasteiger partial charge < -0.3 is 9.52 Å². The van der Waals surface area contributed by atoms with Crippen molar-refractivity contribution in [3.63, 3.8) is 0 Å². The van der Waals surface area contributed by atoms with Gasteiger partial charge in [0.05, 0.1) is 6.54 Å². The summed E-state index contributed by atoms with van der Waals surface area (Å²) in [7, 11) is 0. The zero-order valence-corrected chi connectivity index (χ0v) is 13.1. The lowest BCUT2D eigenvalue weighted by molar-refractivity contribution is -0.137. The van der Waals surface area contributed by atoms with Gasteiger partial charge in [0.15, 0.2) is 0 Å². The Kier molecular flexibility index (Phi) is 4.98. The molecule has 1 N–H and O–H groups in total. The number of piperidine rings is 1. The second-order valence-corrected chi connectivity index (χ2v) is 6.90. The summed E-state index contributed by atoms with van der Waals surface area (Å²) in [5.41, 5.74) is -0.116. The Balaban J connectivity index is 1.78. The van der Waals surface area contributed by atoms with E-state index in [-0.39, 0.29) is 11.8 Å². The molecule has 0 unspecified atom stereocenters. The molecule has 1 saturated heterocycles. The highest BCUT2D eigenvalue weighted by Crippen LogP contribution is 2.24. The molecule has 0 saturated carbocycles. The summed E-state index contributed by atoms with van der Waals surface area (Å²) in [6.07, 6.45) is 3.17. The van der Waals surface area contributed by atoms with Crippen LogP contribution in [0.15, 0.2) is 4.42 Å². The molecule has 0 spiro atoms. The van der Waals surface area contributed by atoms with Crippen molar-refractivity contribution in [1.29, 1.82) is 0 Å². The van der Waals surface area contributed by atoms with Crippen LogP contribution in [0.2, 0.25) is 0 Å². The molecule has 118 valence electrons. The Labute approximate surface area is 125 Å². The minimum atomic E-state index is -0.696. The third kappa shape index (κ3) is 4.81. The molecule has 6 heteroatoms. The lowest BCUT2D eigenvalue weighted by atomic mass is 9.92. The lowest BCUT2D eigenvalue weighted by Crippen LogP contribution is -2.33. The topological polar surface area (TPSA) is 79.5 Å². The van der Waals surface area contributed by atoms with Gasteiger partial charge in [-0.25, -0.2) is 0 Å². The summed E-state index contributed by atoms with van der Waals surface area (Å²) < 4.78 is 5.72. The van der Waals surface area contributed by atoms with Gasteiger partial charge >= 0.3 is 5.97 Å². The predicted octanol–water partition coefficient (Wildman–Crippen LogP) is 2.44. The smallest absolute Gasteiger partial charge is 0.303 e. The van der Waals surface area contributed by atoms with Crippen molar-refractivity contribution in [2.75, 3.05) is 13.1 Å². The number of likely N-dealkylation sites (tertiary alicyclic amines) is 1. The number of carbonyl (C=O) groups is 1. The molecule has 2 rings (SSSR count). The van der Waals surface area contributed by atoms with Crippen molar-refractivity contribution < 1.29 is 14.3 Å². The van der Waals surface area contributed by atoms with E-state index in [0.717, 1.165) is 32.4 Å². The van der Waals surface area contributed by atoms with Gasteiger partial charge in [0, 0.05) is 11.8 Å². The van der Waals surface area contributed by atoms with Crippen molar-refractivity contribution in [2.45, 2.75) is 58.4 Å². The molecule has 0 aliphatic carbocycles. The number of carboxylic acid groups (broad SMARTS) is 1. The third-order valence-electron chi connectivity index (χ3n) is 3.94. The first-order valence-electron chi connectivity index (χ1n) is 7.61. The van der Waals surface area contributed by atoms with Crippen molar-refractivity contribution in [3.8, 4) is 0 Å². The van der Waals surface area contributed by atoms with Gasteiger partial charge in [0.25, 0.3) is 0 Å². The summed E-state index contributed by atoms with van der Waals surface area (Å²) >= 11 is 0. The van der Waals surface area contributed by atoms with Gasteiger partial charge in [0.1, 0.15) is 0 Å². The van der Waals surface area contributed by atoms with E-state index in [1.165, 1.54) is 0 Å². The van der Waals surface area contributed by atoms with Gasteiger partial charge in [-0.2, -0.15) is 0 Å². The van der Waals surface area contributed by atoms with E-state index in [4.69, 9.17) is 9.52 Å². The molecule has 6 nitrogen and oxygen atoms in total. The molecule has 0 atom stereocenters. The highest BCUT2D eigenvalue weighted by Gasteiger charge is 2.24. The third-order valence-corrected chi connectivity index (χ3v) is 3.94. The summed E-state index contributed by atoms with van der Waals surface area (Å²) in [4.78, 5) is 12.9. The Morgan fingerprint density at radius 1 is 1.33 bits per heavy atom. The van der Waals surface area contributed by atoms with Crippen molar-refractivity contribution >= 4 is 5.97 Å².